The number of aromatic nitrogens is 2. The molecule has 7 heteroatoms. The topological polar surface area (TPSA) is 64.0 Å². The fourth-order valence-corrected chi connectivity index (χ4v) is 4.19. The Morgan fingerprint density at radius 1 is 1.03 bits per heavy atom. The van der Waals surface area contributed by atoms with Gasteiger partial charge in [0.2, 0.25) is 10.0 Å². The van der Waals surface area contributed by atoms with Crippen LogP contribution in [0, 0.1) is 6.92 Å². The minimum Gasteiger partial charge on any atom is -0.319 e. The van der Waals surface area contributed by atoms with Crippen LogP contribution in [0.3, 0.4) is 0 Å². The number of nitrogens with one attached hydrogen (secondary N) is 1. The molecule has 0 saturated carbocycles. The van der Waals surface area contributed by atoms with Gasteiger partial charge in [0.1, 0.15) is 5.82 Å². The zero-order valence-electron chi connectivity index (χ0n) is 16.1. The fraction of sp³-hybridized carbons (Fsp3) is 0.136. The van der Waals surface area contributed by atoms with Gasteiger partial charge < -0.3 is 4.57 Å². The molecule has 4 rings (SSSR count). The summed E-state index contributed by atoms with van der Waals surface area (Å²) in [5.41, 5.74) is 5.64. The molecule has 0 radical (unpaired) electrons. The van der Waals surface area contributed by atoms with Crippen LogP contribution in [0.4, 0.5) is 5.69 Å². The summed E-state index contributed by atoms with van der Waals surface area (Å²) in [5, 5.41) is 0. The molecule has 148 valence electrons. The van der Waals surface area contributed by atoms with Gasteiger partial charge in [-0.15, -0.1) is 0 Å². The first-order chi connectivity index (χ1) is 13.8. The van der Waals surface area contributed by atoms with E-state index in [9.17, 15) is 8.42 Å². The van der Waals surface area contributed by atoms with Crippen LogP contribution in [0.1, 0.15) is 11.1 Å². The predicted octanol–water partition coefficient (Wildman–Crippen LogP) is 5.19. The number of nitrogens with zero attached hydrogens (tertiary/aromatic N) is 2. The molecule has 4 aromatic rings. The first-order valence-electron chi connectivity index (χ1n) is 9.08. The van der Waals surface area contributed by atoms with Crippen LogP contribution in [0.15, 0.2) is 71.2 Å². The largest absolute Gasteiger partial charge is 0.319 e. The van der Waals surface area contributed by atoms with Crippen LogP contribution >= 0.6 is 15.9 Å². The number of anilines is 1. The highest BCUT2D eigenvalue weighted by Crippen LogP contribution is 2.29. The van der Waals surface area contributed by atoms with Crippen molar-refractivity contribution >= 4 is 42.7 Å². The molecule has 0 aliphatic rings. The molecule has 1 N–H and O–H groups in total. The lowest BCUT2D eigenvalue weighted by molar-refractivity contribution is 0.607. The zero-order valence-corrected chi connectivity index (χ0v) is 18.5. The number of fused-ring (bicyclic) bond motifs is 1. The lowest BCUT2D eigenvalue weighted by Crippen LogP contribution is -2.09. The highest BCUT2D eigenvalue weighted by atomic mass is 79.9. The molecule has 3 aromatic carbocycles. The molecule has 0 saturated heterocycles. The summed E-state index contributed by atoms with van der Waals surface area (Å²) in [5.74, 6) is 0.788. The Labute approximate surface area is 178 Å². The van der Waals surface area contributed by atoms with Crippen molar-refractivity contribution in [3.8, 4) is 11.4 Å². The van der Waals surface area contributed by atoms with Gasteiger partial charge in [-0.1, -0.05) is 57.9 Å². The van der Waals surface area contributed by atoms with Crippen molar-refractivity contribution in [1.82, 2.24) is 9.55 Å². The molecular weight excluding hydrogens is 450 g/mol. The fourth-order valence-electron chi connectivity index (χ4n) is 3.29. The Morgan fingerprint density at radius 3 is 2.52 bits per heavy atom. The Bertz CT molecular complexity index is 1300. The monoisotopic (exact) mass is 469 g/mol. The Kier molecular flexibility index (Phi) is 5.19. The summed E-state index contributed by atoms with van der Waals surface area (Å²) in [7, 11) is -3.35. The molecule has 0 aliphatic heterocycles. The molecule has 5 nitrogen and oxygen atoms in total. The summed E-state index contributed by atoms with van der Waals surface area (Å²) >= 11 is 3.55. The van der Waals surface area contributed by atoms with Crippen molar-refractivity contribution in [3.05, 3.63) is 82.3 Å². The quantitative estimate of drug-likeness (QED) is 0.437. The summed E-state index contributed by atoms with van der Waals surface area (Å²) in [6.07, 6.45) is 1.14. The molecule has 0 aliphatic carbocycles. The van der Waals surface area contributed by atoms with Crippen LogP contribution in [0.25, 0.3) is 22.4 Å². The van der Waals surface area contributed by atoms with Crippen molar-refractivity contribution < 1.29 is 8.42 Å². The molecule has 0 atom stereocenters. The average molecular weight is 470 g/mol. The smallest absolute Gasteiger partial charge is 0.229 e. The second-order valence-corrected chi connectivity index (χ2v) is 9.76. The van der Waals surface area contributed by atoms with Crippen LogP contribution in [-0.4, -0.2) is 24.2 Å². The average Bonchev–Trinajstić information content (AvgIpc) is 3.00. The molecule has 0 fully saturated rings. The number of imidazole rings is 1. The van der Waals surface area contributed by atoms with E-state index in [2.05, 4.69) is 62.5 Å². The second-order valence-electron chi connectivity index (χ2n) is 7.10. The van der Waals surface area contributed by atoms with E-state index in [0.29, 0.717) is 12.2 Å². The van der Waals surface area contributed by atoms with Gasteiger partial charge in [-0.2, -0.15) is 0 Å². The van der Waals surface area contributed by atoms with Crippen molar-refractivity contribution in [2.45, 2.75) is 13.5 Å². The van der Waals surface area contributed by atoms with E-state index in [0.717, 1.165) is 33.1 Å². The Balaban J connectivity index is 1.86. The van der Waals surface area contributed by atoms with Crippen molar-refractivity contribution in [2.24, 2.45) is 0 Å². The summed E-state index contributed by atoms with van der Waals surface area (Å²) in [6, 6.07) is 21.7. The van der Waals surface area contributed by atoms with Gasteiger partial charge in [0.15, 0.2) is 0 Å². The summed E-state index contributed by atoms with van der Waals surface area (Å²) in [4.78, 5) is 4.84. The van der Waals surface area contributed by atoms with Crippen LogP contribution in [0.2, 0.25) is 0 Å². The minimum absolute atomic E-state index is 0.514. The number of aryl methyl sites for hydroxylation is 1. The van der Waals surface area contributed by atoms with E-state index in [1.807, 2.05) is 30.3 Å². The first-order valence-corrected chi connectivity index (χ1v) is 11.8. The van der Waals surface area contributed by atoms with Crippen LogP contribution in [-0.2, 0) is 16.6 Å². The third kappa shape index (κ3) is 4.52. The maximum absolute atomic E-state index is 11.6. The van der Waals surface area contributed by atoms with Crippen molar-refractivity contribution in [1.29, 1.82) is 0 Å². The number of halogens is 1. The second kappa shape index (κ2) is 7.65. The third-order valence-electron chi connectivity index (χ3n) is 4.60. The Morgan fingerprint density at radius 2 is 1.79 bits per heavy atom. The lowest BCUT2D eigenvalue weighted by atomic mass is 10.1. The van der Waals surface area contributed by atoms with Crippen LogP contribution in [0.5, 0.6) is 0 Å². The summed E-state index contributed by atoms with van der Waals surface area (Å²) in [6.45, 7) is 2.73. The molecule has 0 unspecified atom stereocenters. The predicted molar refractivity (Wildman–Crippen MR) is 122 cm³/mol. The van der Waals surface area contributed by atoms with E-state index in [1.165, 1.54) is 11.1 Å². The molecule has 1 heterocycles. The first kappa shape index (κ1) is 19.7. The Hall–Kier alpha value is -2.64. The molecule has 0 spiro atoms. The van der Waals surface area contributed by atoms with E-state index < -0.39 is 10.0 Å². The molecule has 1 aromatic heterocycles. The normalized spacial score (nSPS) is 11.7. The molecule has 29 heavy (non-hydrogen) atoms. The maximum Gasteiger partial charge on any atom is 0.229 e. The molecule has 0 amide bonds. The van der Waals surface area contributed by atoms with Crippen molar-refractivity contribution in [2.75, 3.05) is 11.0 Å². The van der Waals surface area contributed by atoms with Crippen LogP contribution < -0.4 is 4.72 Å². The van der Waals surface area contributed by atoms with Crippen molar-refractivity contribution in [3.63, 3.8) is 0 Å². The van der Waals surface area contributed by atoms with E-state index in [4.69, 9.17) is 4.98 Å². The number of rotatable bonds is 5. The molecule has 0 bridgehead atoms. The third-order valence-corrected chi connectivity index (χ3v) is 5.70. The SMILES string of the molecule is Cc1ccc(Cn2c(-c3cccc(NS(C)(=O)=O)c3)nc3ccc(Br)cc32)cc1. The minimum atomic E-state index is -3.35. The highest BCUT2D eigenvalue weighted by molar-refractivity contribution is 9.10. The maximum atomic E-state index is 11.6. The zero-order chi connectivity index (χ0) is 20.6. The lowest BCUT2D eigenvalue weighted by Gasteiger charge is -2.11. The highest BCUT2D eigenvalue weighted by Gasteiger charge is 2.14. The van der Waals surface area contributed by atoms with Gasteiger partial charge in [-0.05, 0) is 42.8 Å². The van der Waals surface area contributed by atoms with E-state index >= 15 is 0 Å². The molecular formula is C22H20BrN3O2S. The van der Waals surface area contributed by atoms with Gasteiger partial charge in [-0.3, -0.25) is 4.72 Å². The van der Waals surface area contributed by atoms with Gasteiger partial charge in [0.05, 0.1) is 17.3 Å². The van der Waals surface area contributed by atoms with Gasteiger partial charge >= 0.3 is 0 Å². The number of benzene rings is 3. The number of hydrogen-bond donors (Lipinski definition) is 1. The van der Waals surface area contributed by atoms with E-state index in [1.54, 1.807) is 6.07 Å². The van der Waals surface area contributed by atoms with Gasteiger partial charge in [-0.25, -0.2) is 13.4 Å². The standard InChI is InChI=1S/C22H20BrN3O2S/c1-15-6-8-16(9-7-15)14-26-21-13-18(23)10-11-20(21)24-22(26)17-4-3-5-19(12-17)25-29(2,27)28/h3-13,25H,14H2,1-2H3. The number of hydrogen-bond acceptors (Lipinski definition) is 3. The van der Waals surface area contributed by atoms with E-state index in [-0.39, 0.29) is 0 Å². The van der Waals surface area contributed by atoms with Gasteiger partial charge in [0.25, 0.3) is 0 Å². The van der Waals surface area contributed by atoms with Gasteiger partial charge in [0, 0.05) is 22.3 Å². The number of sulfonamides is 1. The summed E-state index contributed by atoms with van der Waals surface area (Å²) < 4.78 is 28.9.